The van der Waals surface area contributed by atoms with Gasteiger partial charge in [0, 0.05) is 0 Å². The van der Waals surface area contributed by atoms with E-state index in [1.54, 1.807) is 0 Å². The highest BCUT2D eigenvalue weighted by atomic mass is 14.1. The monoisotopic (exact) mass is 244 g/mol. The largest absolute Gasteiger partial charge is 0.0755 e. The molecule has 0 N–H and O–H groups in total. The fourth-order valence-corrected chi connectivity index (χ4v) is 3.25. The first-order valence-electron chi connectivity index (χ1n) is 6.96. The average Bonchev–Trinajstić information content (AvgIpc) is 2.47. The predicted molar refractivity (Wildman–Crippen MR) is 83.4 cm³/mol. The third-order valence-corrected chi connectivity index (χ3v) is 4.16. The molecule has 0 saturated heterocycles. The maximum atomic E-state index is 2.43. The van der Waals surface area contributed by atoms with E-state index in [4.69, 9.17) is 0 Å². The van der Waals surface area contributed by atoms with E-state index in [-0.39, 0.29) is 0 Å². The molecular weight excluding hydrogens is 228 g/mol. The van der Waals surface area contributed by atoms with E-state index >= 15 is 0 Å². The molecule has 0 saturated carbocycles. The minimum absolute atomic E-state index is 0.636. The molecule has 92 valence electrons. The van der Waals surface area contributed by atoms with Crippen molar-refractivity contribution in [1.82, 2.24) is 0 Å². The number of fused-ring (bicyclic) bond motifs is 6. The lowest BCUT2D eigenvalue weighted by atomic mass is 9.91. The van der Waals surface area contributed by atoms with Gasteiger partial charge >= 0.3 is 0 Å². The smallest absolute Gasteiger partial charge is 0.00991 e. The first kappa shape index (κ1) is 10.8. The van der Waals surface area contributed by atoms with Crippen LogP contribution in [-0.4, -0.2) is 0 Å². The summed E-state index contributed by atoms with van der Waals surface area (Å²) in [6, 6.07) is 17.5. The molecule has 1 unspecified atom stereocenters. The number of benzene rings is 3. The summed E-state index contributed by atoms with van der Waals surface area (Å²) in [7, 11) is 0. The lowest BCUT2D eigenvalue weighted by molar-refractivity contribution is 0.802. The molecule has 0 heterocycles. The summed E-state index contributed by atoms with van der Waals surface area (Å²) in [6.45, 7) is 2.30. The van der Waals surface area contributed by atoms with E-state index in [1.807, 2.05) is 0 Å². The molecule has 0 heteroatoms. The van der Waals surface area contributed by atoms with Crippen LogP contribution in [0.25, 0.3) is 33.7 Å². The summed E-state index contributed by atoms with van der Waals surface area (Å²) in [6.07, 6.45) is 5.99. The first-order valence-corrected chi connectivity index (χ1v) is 6.96. The first-order chi connectivity index (χ1) is 9.34. The number of hydrogen-bond acceptors (Lipinski definition) is 0. The fourth-order valence-electron chi connectivity index (χ4n) is 3.25. The molecule has 1 aliphatic rings. The maximum Gasteiger partial charge on any atom is -0.00991 e. The van der Waals surface area contributed by atoms with Gasteiger partial charge in [-0.25, -0.2) is 0 Å². The fraction of sp³-hybridized carbons (Fsp3) is 0.158. The molecule has 3 aromatic rings. The van der Waals surface area contributed by atoms with Crippen LogP contribution in [0.4, 0.5) is 0 Å². The summed E-state index contributed by atoms with van der Waals surface area (Å²) < 4.78 is 0. The van der Waals surface area contributed by atoms with Gasteiger partial charge in [0.15, 0.2) is 0 Å². The third kappa shape index (κ3) is 1.53. The van der Waals surface area contributed by atoms with E-state index in [2.05, 4.69) is 67.6 Å². The van der Waals surface area contributed by atoms with Gasteiger partial charge in [0.05, 0.1) is 0 Å². The second kappa shape index (κ2) is 3.96. The van der Waals surface area contributed by atoms with Crippen molar-refractivity contribution in [2.24, 2.45) is 5.92 Å². The molecule has 1 aliphatic carbocycles. The molecule has 0 aromatic heterocycles. The Hall–Kier alpha value is -2.08. The van der Waals surface area contributed by atoms with Crippen molar-refractivity contribution in [3.63, 3.8) is 0 Å². The van der Waals surface area contributed by atoms with Gasteiger partial charge in [-0.1, -0.05) is 67.6 Å². The van der Waals surface area contributed by atoms with E-state index in [1.165, 1.54) is 32.0 Å². The normalized spacial score (nSPS) is 17.8. The lowest BCUT2D eigenvalue weighted by Gasteiger charge is -2.13. The molecule has 0 radical (unpaired) electrons. The van der Waals surface area contributed by atoms with Crippen LogP contribution in [-0.2, 0) is 0 Å². The zero-order chi connectivity index (χ0) is 12.8. The van der Waals surface area contributed by atoms with Crippen molar-refractivity contribution in [3.8, 4) is 0 Å². The van der Waals surface area contributed by atoms with E-state index in [9.17, 15) is 0 Å². The van der Waals surface area contributed by atoms with Gasteiger partial charge in [0.25, 0.3) is 0 Å². The van der Waals surface area contributed by atoms with Crippen LogP contribution >= 0.6 is 0 Å². The topological polar surface area (TPSA) is 0 Å². The van der Waals surface area contributed by atoms with Gasteiger partial charge in [0.1, 0.15) is 0 Å². The molecule has 4 rings (SSSR count). The van der Waals surface area contributed by atoms with Crippen LogP contribution in [0.1, 0.15) is 13.3 Å². The Labute approximate surface area is 112 Å². The van der Waals surface area contributed by atoms with Gasteiger partial charge in [0.2, 0.25) is 0 Å². The zero-order valence-corrected chi connectivity index (χ0v) is 11.1. The Morgan fingerprint density at radius 1 is 0.737 bits per heavy atom. The standard InChI is InChI=1S/C19H16/c1-13-10-11-18-16-8-3-2-6-14(16)15-7-4-5-9-17(15)19(18)12-13/h2-9,11-13H,10H2,1H3. The average molecular weight is 244 g/mol. The summed E-state index contributed by atoms with van der Waals surface area (Å²) in [5, 5.41) is 8.37. The maximum absolute atomic E-state index is 2.43. The van der Waals surface area contributed by atoms with Crippen molar-refractivity contribution in [2.75, 3.05) is 0 Å². The van der Waals surface area contributed by atoms with E-state index < -0.39 is 0 Å². The van der Waals surface area contributed by atoms with Crippen LogP contribution in [0.5, 0.6) is 0 Å². The number of rotatable bonds is 0. The molecular formula is C19H16. The second-order valence-corrected chi connectivity index (χ2v) is 5.50. The molecule has 0 aliphatic heterocycles. The van der Waals surface area contributed by atoms with Gasteiger partial charge in [-0.15, -0.1) is 0 Å². The third-order valence-electron chi connectivity index (χ3n) is 4.16. The molecule has 0 fully saturated rings. The van der Waals surface area contributed by atoms with Gasteiger partial charge < -0.3 is 0 Å². The van der Waals surface area contributed by atoms with Crippen LogP contribution in [0, 0.1) is 5.92 Å². The zero-order valence-electron chi connectivity index (χ0n) is 11.1. The molecule has 3 aromatic carbocycles. The Kier molecular flexibility index (Phi) is 2.25. The SMILES string of the molecule is CC1C=c2c(c3ccccc3c3ccccc23)=CC1. The van der Waals surface area contributed by atoms with E-state index in [0.29, 0.717) is 5.92 Å². The van der Waals surface area contributed by atoms with Crippen LogP contribution in [0.2, 0.25) is 0 Å². The predicted octanol–water partition coefficient (Wildman–Crippen LogP) is 3.59. The molecule has 1 atom stereocenters. The molecule has 0 nitrogen and oxygen atoms in total. The summed E-state index contributed by atoms with van der Waals surface area (Å²) >= 11 is 0. The Bertz CT molecular complexity index is 900. The highest BCUT2D eigenvalue weighted by Crippen LogP contribution is 2.21. The van der Waals surface area contributed by atoms with Crippen molar-refractivity contribution in [1.29, 1.82) is 0 Å². The lowest BCUT2D eigenvalue weighted by Crippen LogP contribution is -2.30. The Morgan fingerprint density at radius 2 is 1.26 bits per heavy atom. The Balaban J connectivity index is 2.41. The minimum Gasteiger partial charge on any atom is -0.0755 e. The molecule has 0 amide bonds. The quantitative estimate of drug-likeness (QED) is 0.530. The highest BCUT2D eigenvalue weighted by molar-refractivity contribution is 6.08. The summed E-state index contributed by atoms with van der Waals surface area (Å²) in [4.78, 5) is 0. The Morgan fingerprint density at radius 3 is 1.89 bits per heavy atom. The van der Waals surface area contributed by atoms with Crippen molar-refractivity contribution in [2.45, 2.75) is 13.3 Å². The molecule has 19 heavy (non-hydrogen) atoms. The second-order valence-electron chi connectivity index (χ2n) is 5.50. The van der Waals surface area contributed by atoms with Gasteiger partial charge in [-0.05, 0) is 44.3 Å². The highest BCUT2D eigenvalue weighted by Gasteiger charge is 2.09. The number of hydrogen-bond donors (Lipinski definition) is 0. The molecule has 0 bridgehead atoms. The minimum atomic E-state index is 0.636. The molecule has 0 spiro atoms. The van der Waals surface area contributed by atoms with Gasteiger partial charge in [-0.2, -0.15) is 0 Å². The van der Waals surface area contributed by atoms with Crippen LogP contribution in [0.15, 0.2) is 48.5 Å². The van der Waals surface area contributed by atoms with Crippen LogP contribution in [0.3, 0.4) is 0 Å². The van der Waals surface area contributed by atoms with Gasteiger partial charge in [-0.3, -0.25) is 0 Å². The van der Waals surface area contributed by atoms with Crippen LogP contribution < -0.4 is 10.4 Å². The van der Waals surface area contributed by atoms with Crippen molar-refractivity contribution in [3.05, 3.63) is 59.0 Å². The van der Waals surface area contributed by atoms with Crippen molar-refractivity contribution >= 4 is 33.7 Å². The summed E-state index contributed by atoms with van der Waals surface area (Å²) in [5.74, 6) is 0.636. The van der Waals surface area contributed by atoms with Crippen molar-refractivity contribution < 1.29 is 0 Å². The summed E-state index contributed by atoms with van der Waals surface area (Å²) in [5.41, 5.74) is 0. The van der Waals surface area contributed by atoms with E-state index in [0.717, 1.165) is 6.42 Å².